The first-order chi connectivity index (χ1) is 21.3. The fourth-order valence-electron chi connectivity index (χ4n) is 4.95. The summed E-state index contributed by atoms with van der Waals surface area (Å²) in [5, 5.41) is 9.76. The van der Waals surface area contributed by atoms with Gasteiger partial charge in [0, 0.05) is 52.7 Å². The van der Waals surface area contributed by atoms with Crippen molar-refractivity contribution < 1.29 is 45.6 Å². The van der Waals surface area contributed by atoms with E-state index in [1.165, 1.54) is 15.7 Å². The highest BCUT2D eigenvalue weighted by Gasteiger charge is 2.42. The highest BCUT2D eigenvalue weighted by atomic mass is 32.2. The van der Waals surface area contributed by atoms with E-state index in [0.29, 0.717) is 6.54 Å². The Kier molecular flexibility index (Phi) is 14.7. The predicted octanol–water partition coefficient (Wildman–Crippen LogP) is 1.38. The molecular formula is C29H52F3N7O7S. The molecule has 1 aliphatic heterocycles. The molecule has 0 radical (unpaired) electrons. The quantitative estimate of drug-likeness (QED) is 0.198. The van der Waals surface area contributed by atoms with E-state index < -0.39 is 93.8 Å². The van der Waals surface area contributed by atoms with Crippen molar-refractivity contribution in [2.75, 3.05) is 40.3 Å². The Morgan fingerprint density at radius 2 is 1.47 bits per heavy atom. The van der Waals surface area contributed by atoms with Crippen LogP contribution in [0, 0.1) is 10.8 Å². The number of ketones is 1. The molecule has 0 saturated carbocycles. The largest absolute Gasteiger partial charge is 0.389 e. The summed E-state index contributed by atoms with van der Waals surface area (Å²) in [6.07, 6.45) is -6.97. The summed E-state index contributed by atoms with van der Waals surface area (Å²) in [5.74, 6) is -4.05. The number of nitrogens with one attached hydrogen (secondary N) is 4. The fourth-order valence-corrected chi connectivity index (χ4v) is 6.31. The standard InChI is InChI=1S/C29H52F3N7O7S/c1-11-19(23(41)34-18(13-14-29(30,31)32)21(40)24(42)33-9)39(12-2)25(43)22(28(6,7)8)36-26(44)35-20(27(3,4)5)17-38-16-15-37(10)47(38,45)46/h18-20,22H,11-17H2,1-10H3,(H,33,42)(H,34,41)(H2,35,36,44)/t18?,19-,20+,22+/m0/s1. The van der Waals surface area contributed by atoms with E-state index >= 15 is 0 Å². The van der Waals surface area contributed by atoms with Crippen molar-refractivity contribution in [3.63, 3.8) is 0 Å². The first kappa shape index (κ1) is 42.0. The van der Waals surface area contributed by atoms with E-state index in [1.54, 1.807) is 34.6 Å². The van der Waals surface area contributed by atoms with Crippen LogP contribution in [-0.4, -0.2) is 122 Å². The maximum Gasteiger partial charge on any atom is 0.389 e. The number of Topliss-reactive ketones (excluding diaryl/α,β-unsaturated/α-hetero) is 1. The number of carbonyl (C=O) groups is 5. The van der Waals surface area contributed by atoms with Gasteiger partial charge in [0.25, 0.3) is 16.1 Å². The minimum atomic E-state index is -4.65. The molecule has 1 fully saturated rings. The predicted molar refractivity (Wildman–Crippen MR) is 169 cm³/mol. The second-order valence-electron chi connectivity index (χ2n) is 13.7. The van der Waals surface area contributed by atoms with Gasteiger partial charge in [-0.05, 0) is 30.6 Å². The number of urea groups is 1. The van der Waals surface area contributed by atoms with Crippen LogP contribution in [0.1, 0.15) is 74.7 Å². The van der Waals surface area contributed by atoms with Crippen molar-refractivity contribution in [1.29, 1.82) is 0 Å². The number of carbonyl (C=O) groups excluding carboxylic acids is 5. The summed E-state index contributed by atoms with van der Waals surface area (Å²) in [4.78, 5) is 66.4. The number of nitrogens with zero attached hydrogens (tertiary/aromatic N) is 3. The molecule has 1 unspecified atom stereocenters. The second-order valence-corrected chi connectivity index (χ2v) is 15.8. The van der Waals surface area contributed by atoms with Crippen LogP contribution in [0.5, 0.6) is 0 Å². The topological polar surface area (TPSA) is 177 Å². The summed E-state index contributed by atoms with van der Waals surface area (Å²) < 4.78 is 66.7. The van der Waals surface area contributed by atoms with Crippen LogP contribution in [0.4, 0.5) is 18.0 Å². The van der Waals surface area contributed by atoms with Gasteiger partial charge in [-0.1, -0.05) is 48.5 Å². The van der Waals surface area contributed by atoms with Crippen molar-refractivity contribution >= 4 is 39.7 Å². The number of hydrogen-bond donors (Lipinski definition) is 4. The Morgan fingerprint density at radius 1 is 0.894 bits per heavy atom. The molecule has 14 nitrogen and oxygen atoms in total. The van der Waals surface area contributed by atoms with Crippen molar-refractivity contribution in [3.8, 4) is 0 Å². The minimum absolute atomic E-state index is 0.000515. The van der Waals surface area contributed by atoms with E-state index in [4.69, 9.17) is 0 Å². The van der Waals surface area contributed by atoms with Gasteiger partial charge in [-0.2, -0.15) is 30.2 Å². The van der Waals surface area contributed by atoms with E-state index in [1.807, 2.05) is 26.1 Å². The third kappa shape index (κ3) is 11.9. The molecule has 0 aromatic carbocycles. The maximum absolute atomic E-state index is 14.0. The van der Waals surface area contributed by atoms with Crippen molar-refractivity contribution in [3.05, 3.63) is 0 Å². The molecule has 47 heavy (non-hydrogen) atoms. The molecule has 1 aliphatic rings. The van der Waals surface area contributed by atoms with Crippen molar-refractivity contribution in [2.45, 2.75) is 105 Å². The van der Waals surface area contributed by atoms with E-state index in [2.05, 4.69) is 16.0 Å². The number of halogens is 3. The summed E-state index contributed by atoms with van der Waals surface area (Å²) >= 11 is 0. The smallest absolute Gasteiger partial charge is 0.353 e. The average molecular weight is 700 g/mol. The van der Waals surface area contributed by atoms with Crippen LogP contribution in [-0.2, 0) is 29.4 Å². The van der Waals surface area contributed by atoms with Crippen LogP contribution >= 0.6 is 0 Å². The van der Waals surface area contributed by atoms with Crippen molar-refractivity contribution in [2.24, 2.45) is 10.8 Å². The Labute approximate surface area is 276 Å². The molecule has 1 rings (SSSR count). The zero-order valence-electron chi connectivity index (χ0n) is 29.0. The van der Waals surface area contributed by atoms with E-state index in [9.17, 15) is 45.6 Å². The number of rotatable bonds is 14. The van der Waals surface area contributed by atoms with Crippen LogP contribution in [0.15, 0.2) is 0 Å². The number of amides is 5. The molecule has 4 N–H and O–H groups in total. The highest BCUT2D eigenvalue weighted by molar-refractivity contribution is 7.87. The van der Waals surface area contributed by atoms with Gasteiger partial charge in [-0.15, -0.1) is 0 Å². The van der Waals surface area contributed by atoms with Crippen LogP contribution in [0.3, 0.4) is 0 Å². The third-order valence-electron chi connectivity index (χ3n) is 8.00. The van der Waals surface area contributed by atoms with Gasteiger partial charge in [0.15, 0.2) is 0 Å². The lowest BCUT2D eigenvalue weighted by molar-refractivity contribution is -0.148. The normalized spacial score (nSPS) is 18.4. The van der Waals surface area contributed by atoms with Gasteiger partial charge in [0.1, 0.15) is 12.1 Å². The third-order valence-corrected chi connectivity index (χ3v) is 9.95. The van der Waals surface area contributed by atoms with Gasteiger partial charge in [0.2, 0.25) is 17.6 Å². The van der Waals surface area contributed by atoms with Gasteiger partial charge >= 0.3 is 12.2 Å². The van der Waals surface area contributed by atoms with Crippen LogP contribution < -0.4 is 21.3 Å². The molecule has 0 bridgehead atoms. The van der Waals surface area contributed by atoms with E-state index in [0.717, 1.165) is 11.9 Å². The molecule has 5 amide bonds. The first-order valence-electron chi connectivity index (χ1n) is 15.5. The molecule has 4 atom stereocenters. The second kappa shape index (κ2) is 16.4. The molecule has 18 heteroatoms. The molecule has 1 saturated heterocycles. The number of alkyl halides is 3. The SMILES string of the molecule is CC[C@@H](C(=O)NC(CCC(F)(F)F)C(=O)C(=O)NC)N(CC)C(=O)[C@@H](NC(=O)N[C@H](CN1CCN(C)S1(=O)=O)C(C)(C)C)C(C)(C)C. The zero-order chi connectivity index (χ0) is 36.7. The zero-order valence-corrected chi connectivity index (χ0v) is 29.8. The Morgan fingerprint density at radius 3 is 1.87 bits per heavy atom. The first-order valence-corrected chi connectivity index (χ1v) is 16.9. The molecule has 0 aliphatic carbocycles. The lowest BCUT2D eigenvalue weighted by atomic mass is 9.85. The van der Waals surface area contributed by atoms with Crippen LogP contribution in [0.2, 0.25) is 0 Å². The summed E-state index contributed by atoms with van der Waals surface area (Å²) in [5.41, 5.74) is -1.50. The molecule has 272 valence electrons. The summed E-state index contributed by atoms with van der Waals surface area (Å²) in [6.45, 7) is 14.2. The Hall–Kier alpha value is -2.99. The highest BCUT2D eigenvalue weighted by Crippen LogP contribution is 2.26. The molecule has 0 aromatic heterocycles. The lowest BCUT2D eigenvalue weighted by Crippen LogP contribution is -2.62. The lowest BCUT2D eigenvalue weighted by Gasteiger charge is -2.39. The summed E-state index contributed by atoms with van der Waals surface area (Å²) in [6, 6.07) is -5.67. The fraction of sp³-hybridized carbons (Fsp3) is 0.828. The van der Waals surface area contributed by atoms with Gasteiger partial charge in [0.05, 0.1) is 6.04 Å². The molecule has 1 heterocycles. The van der Waals surface area contributed by atoms with Gasteiger partial charge in [-0.25, -0.2) is 4.79 Å². The van der Waals surface area contributed by atoms with Gasteiger partial charge < -0.3 is 26.2 Å². The Balaban J connectivity index is 3.27. The number of hydrogen-bond acceptors (Lipinski definition) is 7. The maximum atomic E-state index is 14.0. The van der Waals surface area contributed by atoms with E-state index in [-0.39, 0.29) is 26.1 Å². The molecular weight excluding hydrogens is 647 g/mol. The minimum Gasteiger partial charge on any atom is -0.353 e. The van der Waals surface area contributed by atoms with Crippen molar-refractivity contribution in [1.82, 2.24) is 34.8 Å². The average Bonchev–Trinajstić information content (AvgIpc) is 3.19. The Bertz CT molecular complexity index is 1250. The molecule has 0 aromatic rings. The number of likely N-dealkylation sites (N-methyl/N-ethyl adjacent to an activating group) is 3. The van der Waals surface area contributed by atoms with Gasteiger partial charge in [-0.3, -0.25) is 19.2 Å². The summed E-state index contributed by atoms with van der Waals surface area (Å²) in [7, 11) is -1.09. The monoisotopic (exact) mass is 699 g/mol. The van der Waals surface area contributed by atoms with Crippen LogP contribution in [0.25, 0.3) is 0 Å². The molecule has 0 spiro atoms.